The van der Waals surface area contributed by atoms with E-state index < -0.39 is 0 Å². The molecule has 7 heteroatoms. The zero-order valence-electron chi connectivity index (χ0n) is 22.0. The predicted molar refractivity (Wildman–Crippen MR) is 143 cm³/mol. The molecule has 0 aliphatic rings. The van der Waals surface area contributed by atoms with Crippen LogP contribution in [-0.4, -0.2) is 42.1 Å². The fraction of sp³-hybridized carbons (Fsp3) is 0.300. The van der Waals surface area contributed by atoms with Gasteiger partial charge in [0.05, 0.1) is 24.4 Å². The summed E-state index contributed by atoms with van der Waals surface area (Å²) in [6.07, 6.45) is 0.250. The van der Waals surface area contributed by atoms with Crippen molar-refractivity contribution in [3.8, 4) is 11.1 Å². The lowest BCUT2D eigenvalue weighted by atomic mass is 9.82. The molecule has 0 bridgehead atoms. The number of carbonyl (C=O) groups is 1. The SMILES string of the molecule is COCCNC(=O)c1ccc2c(c1)c(C)nn2Cc1ccc(-c2ccccc2C(C)(C)C)cc1.O=C=O. The van der Waals surface area contributed by atoms with Crippen LogP contribution in [0.5, 0.6) is 0 Å². The van der Waals surface area contributed by atoms with Gasteiger partial charge in [-0.2, -0.15) is 14.7 Å². The maximum atomic E-state index is 12.4. The quantitative estimate of drug-likeness (QED) is 0.355. The maximum Gasteiger partial charge on any atom is 0.373 e. The van der Waals surface area contributed by atoms with E-state index in [4.69, 9.17) is 19.4 Å². The number of fused-ring (bicyclic) bond motifs is 1. The van der Waals surface area contributed by atoms with E-state index in [0.29, 0.717) is 25.3 Å². The smallest absolute Gasteiger partial charge is 0.373 e. The van der Waals surface area contributed by atoms with Gasteiger partial charge in [-0.05, 0) is 52.8 Å². The Morgan fingerprint density at radius 1 is 1.03 bits per heavy atom. The lowest BCUT2D eigenvalue weighted by molar-refractivity contribution is -0.191. The topological polar surface area (TPSA) is 90.3 Å². The van der Waals surface area contributed by atoms with Crippen molar-refractivity contribution < 1.29 is 19.1 Å². The second-order valence-corrected chi connectivity index (χ2v) is 9.80. The third kappa shape index (κ3) is 6.79. The minimum Gasteiger partial charge on any atom is -0.383 e. The number of aromatic nitrogens is 2. The third-order valence-corrected chi connectivity index (χ3v) is 6.12. The monoisotopic (exact) mass is 499 g/mol. The molecule has 4 aromatic rings. The van der Waals surface area contributed by atoms with Crippen LogP contribution in [0.3, 0.4) is 0 Å². The van der Waals surface area contributed by atoms with Crippen molar-refractivity contribution >= 4 is 23.0 Å². The number of hydrogen-bond acceptors (Lipinski definition) is 5. The molecular formula is C30H33N3O4. The summed E-state index contributed by atoms with van der Waals surface area (Å²) in [5, 5.41) is 8.62. The van der Waals surface area contributed by atoms with Gasteiger partial charge >= 0.3 is 6.15 Å². The van der Waals surface area contributed by atoms with Crippen molar-refractivity contribution in [3.63, 3.8) is 0 Å². The minimum atomic E-state index is -0.0998. The Kier molecular flexibility index (Phi) is 9.12. The molecule has 0 spiro atoms. The number of nitrogens with one attached hydrogen (secondary N) is 1. The molecule has 0 unspecified atom stereocenters. The highest BCUT2D eigenvalue weighted by atomic mass is 16.5. The molecule has 1 heterocycles. The van der Waals surface area contributed by atoms with Gasteiger partial charge in [-0.15, -0.1) is 0 Å². The Morgan fingerprint density at radius 2 is 1.70 bits per heavy atom. The number of hydrogen-bond donors (Lipinski definition) is 1. The maximum absolute atomic E-state index is 12.4. The molecule has 3 aromatic carbocycles. The summed E-state index contributed by atoms with van der Waals surface area (Å²) in [7, 11) is 1.62. The van der Waals surface area contributed by atoms with Gasteiger partial charge in [0.15, 0.2) is 0 Å². The van der Waals surface area contributed by atoms with Crippen molar-refractivity contribution in [2.45, 2.75) is 39.7 Å². The summed E-state index contributed by atoms with van der Waals surface area (Å²) < 4.78 is 7.01. The van der Waals surface area contributed by atoms with Crippen LogP contribution in [0, 0.1) is 6.92 Å². The number of amides is 1. The van der Waals surface area contributed by atoms with E-state index in [9.17, 15) is 4.79 Å². The first kappa shape index (κ1) is 27.5. The van der Waals surface area contributed by atoms with E-state index in [1.165, 1.54) is 22.3 Å². The average molecular weight is 500 g/mol. The lowest BCUT2D eigenvalue weighted by Gasteiger charge is -2.23. The van der Waals surface area contributed by atoms with Crippen molar-refractivity contribution in [2.24, 2.45) is 0 Å². The van der Waals surface area contributed by atoms with Gasteiger partial charge in [-0.1, -0.05) is 69.3 Å². The van der Waals surface area contributed by atoms with Crippen molar-refractivity contribution in [3.05, 3.63) is 89.1 Å². The van der Waals surface area contributed by atoms with Gasteiger partial charge in [0.2, 0.25) is 0 Å². The summed E-state index contributed by atoms with van der Waals surface area (Å²) >= 11 is 0. The number of ether oxygens (including phenoxy) is 1. The number of benzene rings is 3. The molecule has 0 aliphatic carbocycles. The first-order valence-electron chi connectivity index (χ1n) is 12.1. The Balaban J connectivity index is 0.00000121. The molecule has 0 fully saturated rings. The van der Waals surface area contributed by atoms with Gasteiger partial charge in [0.1, 0.15) is 0 Å². The van der Waals surface area contributed by atoms with Crippen LogP contribution in [0.4, 0.5) is 0 Å². The second-order valence-electron chi connectivity index (χ2n) is 9.80. The van der Waals surface area contributed by atoms with E-state index >= 15 is 0 Å². The lowest BCUT2D eigenvalue weighted by Crippen LogP contribution is -2.26. The second kappa shape index (κ2) is 12.3. The number of aryl methyl sites for hydroxylation is 1. The van der Waals surface area contributed by atoms with E-state index in [1.54, 1.807) is 7.11 Å². The number of nitrogens with zero attached hydrogens (tertiary/aromatic N) is 2. The van der Waals surface area contributed by atoms with Gasteiger partial charge in [-0.3, -0.25) is 9.48 Å². The Labute approximate surface area is 217 Å². The van der Waals surface area contributed by atoms with Gasteiger partial charge in [0, 0.05) is 24.6 Å². The summed E-state index contributed by atoms with van der Waals surface area (Å²) in [6.45, 7) is 10.4. The Morgan fingerprint density at radius 3 is 2.35 bits per heavy atom. The van der Waals surface area contributed by atoms with Crippen molar-refractivity contribution in [2.75, 3.05) is 20.3 Å². The summed E-state index contributed by atoms with van der Waals surface area (Å²) in [5.41, 5.74) is 7.68. The molecule has 1 amide bonds. The molecule has 37 heavy (non-hydrogen) atoms. The molecule has 0 aliphatic heterocycles. The van der Waals surface area contributed by atoms with Crippen LogP contribution < -0.4 is 5.32 Å². The van der Waals surface area contributed by atoms with Gasteiger partial charge in [0.25, 0.3) is 5.91 Å². The zero-order chi connectivity index (χ0) is 27.0. The minimum absolute atomic E-state index is 0.0836. The number of carbonyl (C=O) groups excluding carboxylic acids is 3. The fourth-order valence-electron chi connectivity index (χ4n) is 4.32. The third-order valence-electron chi connectivity index (χ3n) is 6.12. The fourth-order valence-corrected chi connectivity index (χ4v) is 4.32. The largest absolute Gasteiger partial charge is 0.383 e. The van der Waals surface area contributed by atoms with E-state index in [-0.39, 0.29) is 17.5 Å². The van der Waals surface area contributed by atoms with Gasteiger partial charge < -0.3 is 10.1 Å². The highest BCUT2D eigenvalue weighted by Gasteiger charge is 2.18. The van der Waals surface area contributed by atoms with Gasteiger partial charge in [-0.25, -0.2) is 0 Å². The standard InChI is InChI=1S/C29H33N3O2.CO2/c1-20-25-18-23(28(33)30-16-17-34-5)14-15-27(25)32(31-20)19-21-10-12-22(13-11-21)24-8-6-7-9-26(24)29(2,3)4;2-1-3/h6-15,18H,16-17,19H2,1-5H3,(H,30,33);. The molecule has 7 nitrogen and oxygen atoms in total. The summed E-state index contributed by atoms with van der Waals surface area (Å²) in [4.78, 5) is 28.7. The molecular weight excluding hydrogens is 466 g/mol. The number of methoxy groups -OCH3 is 1. The van der Waals surface area contributed by atoms with E-state index in [0.717, 1.165) is 16.6 Å². The highest BCUT2D eigenvalue weighted by Crippen LogP contribution is 2.33. The van der Waals surface area contributed by atoms with Crippen molar-refractivity contribution in [1.29, 1.82) is 0 Å². The van der Waals surface area contributed by atoms with Crippen LogP contribution in [0.25, 0.3) is 22.0 Å². The Bertz CT molecular complexity index is 1390. The first-order chi connectivity index (χ1) is 17.7. The summed E-state index contributed by atoms with van der Waals surface area (Å²) in [5.74, 6) is -0.0998. The molecule has 192 valence electrons. The first-order valence-corrected chi connectivity index (χ1v) is 12.1. The normalized spacial score (nSPS) is 10.9. The summed E-state index contributed by atoms with van der Waals surface area (Å²) in [6, 6.07) is 23.1. The van der Waals surface area contributed by atoms with Crippen LogP contribution >= 0.6 is 0 Å². The molecule has 0 radical (unpaired) electrons. The van der Waals surface area contributed by atoms with E-state index in [1.807, 2.05) is 29.8 Å². The van der Waals surface area contributed by atoms with Crippen LogP contribution in [0.2, 0.25) is 0 Å². The molecule has 1 aromatic heterocycles. The molecule has 0 saturated carbocycles. The average Bonchev–Trinajstić information content (AvgIpc) is 3.19. The Hall–Kier alpha value is -4.06. The van der Waals surface area contributed by atoms with Crippen LogP contribution in [0.1, 0.15) is 48.0 Å². The molecule has 4 rings (SSSR count). The highest BCUT2D eigenvalue weighted by molar-refractivity contribution is 5.98. The molecule has 1 N–H and O–H groups in total. The predicted octanol–water partition coefficient (Wildman–Crippen LogP) is 5.15. The number of rotatable bonds is 7. The molecule has 0 saturated heterocycles. The van der Waals surface area contributed by atoms with Crippen molar-refractivity contribution in [1.82, 2.24) is 15.1 Å². The molecule has 0 atom stereocenters. The van der Waals surface area contributed by atoms with Crippen LogP contribution in [-0.2, 0) is 26.3 Å². The van der Waals surface area contributed by atoms with Crippen LogP contribution in [0.15, 0.2) is 66.7 Å². The zero-order valence-corrected chi connectivity index (χ0v) is 22.0. The van der Waals surface area contributed by atoms with E-state index in [2.05, 4.69) is 74.6 Å².